The predicted octanol–water partition coefficient (Wildman–Crippen LogP) is 14.0. The summed E-state index contributed by atoms with van der Waals surface area (Å²) in [4.78, 5) is 10.9. The van der Waals surface area contributed by atoms with E-state index in [1.807, 2.05) is 23.5 Å². The summed E-state index contributed by atoms with van der Waals surface area (Å²) >= 11 is 1.83. The smallest absolute Gasteiger partial charge is 0.235 e. The van der Waals surface area contributed by atoms with E-state index >= 15 is 0 Å². The third-order valence-corrected chi connectivity index (χ3v) is 12.2. The number of fused-ring (bicyclic) bond motifs is 13. The summed E-state index contributed by atoms with van der Waals surface area (Å²) < 4.78 is 11.7. The Morgan fingerprint density at radius 3 is 1.82 bits per heavy atom. The lowest BCUT2D eigenvalue weighted by Gasteiger charge is -2.12. The average Bonchev–Trinajstić information content (AvgIpc) is 3.94. The molecule has 4 nitrogen and oxygen atoms in total. The van der Waals surface area contributed by atoms with Gasteiger partial charge < -0.3 is 4.42 Å². The number of aromatic nitrogens is 3. The highest BCUT2D eigenvalue weighted by molar-refractivity contribution is 7.25. The van der Waals surface area contributed by atoms with E-state index in [0.717, 1.165) is 77.2 Å². The van der Waals surface area contributed by atoms with Crippen LogP contribution in [0.15, 0.2) is 180 Å². The highest BCUT2D eigenvalue weighted by atomic mass is 32.1. The van der Waals surface area contributed by atoms with Crippen LogP contribution >= 0.6 is 11.3 Å². The van der Waals surface area contributed by atoms with Gasteiger partial charge in [-0.1, -0.05) is 133 Å². The van der Waals surface area contributed by atoms with Crippen LogP contribution in [0.1, 0.15) is 0 Å². The van der Waals surface area contributed by atoms with Crippen LogP contribution in [-0.2, 0) is 0 Å². The number of furan rings is 1. The van der Waals surface area contributed by atoms with Gasteiger partial charge in [-0.2, -0.15) is 0 Å². The van der Waals surface area contributed by atoms with Gasteiger partial charge in [-0.3, -0.25) is 4.57 Å². The Bertz CT molecular complexity index is 3490. The van der Waals surface area contributed by atoms with Crippen LogP contribution < -0.4 is 0 Å². The maximum atomic E-state index is 6.92. The normalized spacial score (nSPS) is 12.0. The van der Waals surface area contributed by atoms with Crippen molar-refractivity contribution in [2.45, 2.75) is 0 Å². The van der Waals surface area contributed by atoms with Crippen molar-refractivity contribution >= 4 is 86.0 Å². The zero-order valence-electron chi connectivity index (χ0n) is 29.4. The molecule has 12 aromatic rings. The van der Waals surface area contributed by atoms with Crippen molar-refractivity contribution in [1.29, 1.82) is 0 Å². The fraction of sp³-hybridized carbons (Fsp3) is 0. The van der Waals surface area contributed by atoms with Crippen LogP contribution in [0.25, 0.3) is 114 Å². The first-order chi connectivity index (χ1) is 27.3. The number of nitrogens with zero attached hydrogens (tertiary/aromatic N) is 3. The summed E-state index contributed by atoms with van der Waals surface area (Å²) in [6.07, 6.45) is 0. The number of thiophene rings is 1. The molecule has 0 aliphatic rings. The van der Waals surface area contributed by atoms with Gasteiger partial charge in [0.2, 0.25) is 5.95 Å². The van der Waals surface area contributed by atoms with E-state index in [1.54, 1.807) is 0 Å². The van der Waals surface area contributed by atoms with E-state index in [4.69, 9.17) is 14.4 Å². The first kappa shape index (κ1) is 30.4. The van der Waals surface area contributed by atoms with E-state index in [1.165, 1.54) is 31.1 Å². The second-order valence-electron chi connectivity index (χ2n) is 14.1. The molecule has 0 spiro atoms. The Morgan fingerprint density at radius 1 is 0.418 bits per heavy atom. The minimum absolute atomic E-state index is 0.594. The van der Waals surface area contributed by atoms with Crippen LogP contribution in [0.3, 0.4) is 0 Å². The van der Waals surface area contributed by atoms with Crippen LogP contribution in [0, 0.1) is 0 Å². The highest BCUT2D eigenvalue weighted by Crippen LogP contribution is 2.46. The van der Waals surface area contributed by atoms with Gasteiger partial charge in [0, 0.05) is 52.8 Å². The fourth-order valence-corrected chi connectivity index (χ4v) is 9.61. The molecule has 0 aliphatic heterocycles. The van der Waals surface area contributed by atoms with Crippen molar-refractivity contribution in [1.82, 2.24) is 14.5 Å². The SMILES string of the molecule is c1ccc(-c2ccc3c(c2)c2c4ccccc4c4c5ccccc5oc4c2n3-c2nc(-c3ccccc3)cc(-c3ccc4sc5ccccc5c4c3)n2)cc1. The summed E-state index contributed by atoms with van der Waals surface area (Å²) in [6, 6.07) is 62.3. The van der Waals surface area contributed by atoms with Crippen molar-refractivity contribution in [2.75, 3.05) is 0 Å². The number of rotatable bonds is 4. The molecule has 0 bridgehead atoms. The Balaban J connectivity index is 1.23. The summed E-state index contributed by atoms with van der Waals surface area (Å²) in [5, 5.41) is 9.26. The third-order valence-electron chi connectivity index (χ3n) is 11.0. The van der Waals surface area contributed by atoms with Crippen molar-refractivity contribution < 1.29 is 4.42 Å². The van der Waals surface area contributed by atoms with Crippen molar-refractivity contribution in [3.63, 3.8) is 0 Å². The topological polar surface area (TPSA) is 43.9 Å². The molecule has 0 saturated heterocycles. The summed E-state index contributed by atoms with van der Waals surface area (Å²) in [5.74, 6) is 0.594. The predicted molar refractivity (Wildman–Crippen MR) is 230 cm³/mol. The molecule has 0 amide bonds. The second kappa shape index (κ2) is 11.7. The van der Waals surface area contributed by atoms with Gasteiger partial charge in [-0.15, -0.1) is 11.3 Å². The molecule has 4 heterocycles. The molecule has 0 fully saturated rings. The lowest BCUT2D eigenvalue weighted by molar-refractivity contribution is 0.671. The Labute approximate surface area is 319 Å². The summed E-state index contributed by atoms with van der Waals surface area (Å²) in [5.41, 5.74) is 9.76. The number of para-hydroxylation sites is 1. The van der Waals surface area contributed by atoms with Gasteiger partial charge in [0.15, 0.2) is 5.58 Å². The van der Waals surface area contributed by atoms with E-state index in [9.17, 15) is 0 Å². The van der Waals surface area contributed by atoms with Crippen LogP contribution in [0.2, 0.25) is 0 Å². The zero-order valence-corrected chi connectivity index (χ0v) is 30.2. The van der Waals surface area contributed by atoms with Gasteiger partial charge in [-0.25, -0.2) is 9.97 Å². The molecule has 55 heavy (non-hydrogen) atoms. The number of benzene rings is 8. The molecule has 12 rings (SSSR count). The fourth-order valence-electron chi connectivity index (χ4n) is 8.52. The van der Waals surface area contributed by atoms with Gasteiger partial charge in [0.1, 0.15) is 11.1 Å². The van der Waals surface area contributed by atoms with E-state index in [2.05, 4.69) is 168 Å². The maximum Gasteiger partial charge on any atom is 0.235 e. The Morgan fingerprint density at radius 2 is 1.02 bits per heavy atom. The largest absolute Gasteiger partial charge is 0.454 e. The minimum atomic E-state index is 0.594. The Kier molecular flexibility index (Phi) is 6.47. The standard InChI is InChI=1S/C50H29N3OS/c1-3-13-30(14-4-1)32-23-25-42-39(27-32)46-35-18-7-8-19-36(35)47-37-20-9-11-21-43(37)54-49(47)48(46)53(42)50-51-40(31-15-5-2-6-16-31)29-41(52-50)33-24-26-45-38(28-33)34-17-10-12-22-44(34)55-45/h1-29H. The molecule has 0 radical (unpaired) electrons. The van der Waals surface area contributed by atoms with Crippen molar-refractivity contribution in [2.24, 2.45) is 0 Å². The van der Waals surface area contributed by atoms with E-state index in [-0.39, 0.29) is 0 Å². The number of hydrogen-bond donors (Lipinski definition) is 0. The zero-order chi connectivity index (χ0) is 36.0. The van der Waals surface area contributed by atoms with Crippen LogP contribution in [0.4, 0.5) is 0 Å². The first-order valence-electron chi connectivity index (χ1n) is 18.5. The van der Waals surface area contributed by atoms with Gasteiger partial charge in [-0.05, 0) is 64.4 Å². The van der Waals surface area contributed by atoms with Gasteiger partial charge >= 0.3 is 0 Å². The molecule has 5 heteroatoms. The monoisotopic (exact) mass is 719 g/mol. The molecular formula is C50H29N3OS. The van der Waals surface area contributed by atoms with Crippen LogP contribution in [0.5, 0.6) is 0 Å². The first-order valence-corrected chi connectivity index (χ1v) is 19.3. The quantitative estimate of drug-likeness (QED) is 0.182. The molecule has 4 aromatic heterocycles. The van der Waals surface area contributed by atoms with Gasteiger partial charge in [0.05, 0.1) is 16.9 Å². The minimum Gasteiger partial charge on any atom is -0.454 e. The van der Waals surface area contributed by atoms with Crippen molar-refractivity contribution in [3.05, 3.63) is 176 Å². The summed E-state index contributed by atoms with van der Waals surface area (Å²) in [7, 11) is 0. The molecule has 256 valence electrons. The Hall–Kier alpha value is -7.08. The van der Waals surface area contributed by atoms with Gasteiger partial charge in [0.25, 0.3) is 0 Å². The lowest BCUT2D eigenvalue weighted by atomic mass is 9.97. The maximum absolute atomic E-state index is 6.92. The average molecular weight is 720 g/mol. The highest BCUT2D eigenvalue weighted by Gasteiger charge is 2.25. The molecule has 0 aliphatic carbocycles. The van der Waals surface area contributed by atoms with Crippen LogP contribution in [-0.4, -0.2) is 14.5 Å². The molecule has 0 unspecified atom stereocenters. The number of hydrogen-bond acceptors (Lipinski definition) is 4. The third kappa shape index (κ3) is 4.57. The molecular weight excluding hydrogens is 691 g/mol. The van der Waals surface area contributed by atoms with E-state index < -0.39 is 0 Å². The molecule has 0 saturated carbocycles. The molecule has 8 aromatic carbocycles. The lowest BCUT2D eigenvalue weighted by Crippen LogP contribution is -2.04. The molecule has 0 N–H and O–H groups in total. The second-order valence-corrected chi connectivity index (χ2v) is 15.2. The summed E-state index contributed by atoms with van der Waals surface area (Å²) in [6.45, 7) is 0. The molecule has 0 atom stereocenters. The van der Waals surface area contributed by atoms with E-state index in [0.29, 0.717) is 5.95 Å². The van der Waals surface area contributed by atoms with Crippen molar-refractivity contribution in [3.8, 4) is 39.6 Å².